The first-order valence-electron chi connectivity index (χ1n) is 9.09. The lowest BCUT2D eigenvalue weighted by molar-refractivity contribution is 0.102. The van der Waals surface area contributed by atoms with Gasteiger partial charge in [0.1, 0.15) is 11.5 Å². The second-order valence-corrected chi connectivity index (χ2v) is 8.00. The van der Waals surface area contributed by atoms with Crippen LogP contribution < -0.4 is 5.32 Å². The fraction of sp³-hybridized carbons (Fsp3) is 0.136. The summed E-state index contributed by atoms with van der Waals surface area (Å²) in [7, 11) is 0. The number of amides is 1. The summed E-state index contributed by atoms with van der Waals surface area (Å²) in [6.07, 6.45) is 1.66. The van der Waals surface area contributed by atoms with E-state index in [9.17, 15) is 9.18 Å². The minimum absolute atomic E-state index is 0.289. The average Bonchev–Trinajstić information content (AvgIpc) is 3.27. The number of hydrogen-bond donors (Lipinski definition) is 1. The van der Waals surface area contributed by atoms with E-state index in [0.29, 0.717) is 22.1 Å². The van der Waals surface area contributed by atoms with Crippen molar-refractivity contribution in [3.05, 3.63) is 82.2 Å². The van der Waals surface area contributed by atoms with E-state index in [-0.39, 0.29) is 11.7 Å². The largest absolute Gasteiger partial charge is 0.298 e. The molecule has 0 fully saturated rings. The van der Waals surface area contributed by atoms with Crippen LogP contribution in [0.2, 0.25) is 0 Å². The molecule has 4 aromatic rings. The molecule has 2 aromatic heterocycles. The van der Waals surface area contributed by atoms with Gasteiger partial charge in [-0.15, -0.1) is 11.3 Å². The number of carbonyl (C=O) groups excluding carboxylic acids is 1. The summed E-state index contributed by atoms with van der Waals surface area (Å²) in [6, 6.07) is 13.8. The maximum absolute atomic E-state index is 13.3. The van der Waals surface area contributed by atoms with Crippen molar-refractivity contribution in [3.8, 4) is 16.9 Å². The Hall–Kier alpha value is -3.32. The first kappa shape index (κ1) is 19.0. The van der Waals surface area contributed by atoms with E-state index in [1.807, 2.05) is 45.0 Å². The zero-order chi connectivity index (χ0) is 20.5. The molecule has 1 N–H and O–H groups in total. The van der Waals surface area contributed by atoms with Gasteiger partial charge in [-0.25, -0.2) is 14.1 Å². The van der Waals surface area contributed by atoms with Crippen molar-refractivity contribution in [3.63, 3.8) is 0 Å². The molecule has 5 nitrogen and oxygen atoms in total. The van der Waals surface area contributed by atoms with E-state index in [2.05, 4.69) is 15.4 Å². The van der Waals surface area contributed by atoms with Crippen LogP contribution in [0, 0.1) is 26.6 Å². The Labute approximate surface area is 171 Å². The molecule has 2 aromatic carbocycles. The van der Waals surface area contributed by atoms with Crippen LogP contribution in [0.1, 0.15) is 26.5 Å². The number of aromatic nitrogens is 3. The zero-order valence-electron chi connectivity index (χ0n) is 16.2. The average molecular weight is 406 g/mol. The first-order valence-corrected chi connectivity index (χ1v) is 9.90. The second-order valence-electron chi connectivity index (χ2n) is 6.79. The minimum atomic E-state index is -0.327. The summed E-state index contributed by atoms with van der Waals surface area (Å²) >= 11 is 1.43. The van der Waals surface area contributed by atoms with E-state index in [1.54, 1.807) is 23.0 Å². The molecule has 0 aliphatic rings. The van der Waals surface area contributed by atoms with Gasteiger partial charge in [0.15, 0.2) is 5.13 Å². The summed E-state index contributed by atoms with van der Waals surface area (Å²) in [5.41, 5.74) is 4.48. The summed E-state index contributed by atoms with van der Waals surface area (Å²) < 4.78 is 14.9. The van der Waals surface area contributed by atoms with Crippen LogP contribution >= 0.6 is 11.3 Å². The highest BCUT2D eigenvalue weighted by atomic mass is 32.1. The van der Waals surface area contributed by atoms with E-state index < -0.39 is 0 Å². The lowest BCUT2D eigenvalue weighted by Crippen LogP contribution is -2.12. The van der Waals surface area contributed by atoms with Gasteiger partial charge in [-0.1, -0.05) is 29.8 Å². The monoisotopic (exact) mass is 406 g/mol. The van der Waals surface area contributed by atoms with Gasteiger partial charge in [-0.2, -0.15) is 5.10 Å². The SMILES string of the molecule is Cc1ccc(-c2nn(-c3ccc(F)cc3)cc2C(=O)Nc2nc(C)c(C)s2)cc1. The summed E-state index contributed by atoms with van der Waals surface area (Å²) in [6.45, 7) is 5.88. The third-order valence-corrected chi connectivity index (χ3v) is 5.61. The molecule has 2 heterocycles. The van der Waals surface area contributed by atoms with Gasteiger partial charge in [0.2, 0.25) is 0 Å². The van der Waals surface area contributed by atoms with Crippen molar-refractivity contribution in [1.29, 1.82) is 0 Å². The number of thiazole rings is 1. The molecular weight excluding hydrogens is 387 g/mol. The number of benzene rings is 2. The standard InChI is InChI=1S/C22H19FN4OS/c1-13-4-6-16(7-5-13)20-19(21(28)25-22-24-14(2)15(3)29-22)12-27(26-20)18-10-8-17(23)9-11-18/h4-12H,1-3H3,(H,24,25,28). The molecule has 7 heteroatoms. The molecule has 0 saturated carbocycles. The molecule has 29 heavy (non-hydrogen) atoms. The van der Waals surface area contributed by atoms with Crippen molar-refractivity contribution in [2.24, 2.45) is 0 Å². The smallest absolute Gasteiger partial charge is 0.261 e. The highest BCUT2D eigenvalue weighted by molar-refractivity contribution is 7.15. The van der Waals surface area contributed by atoms with Crippen molar-refractivity contribution < 1.29 is 9.18 Å². The Bertz CT molecular complexity index is 1160. The van der Waals surface area contributed by atoms with E-state index >= 15 is 0 Å². The Morgan fingerprint density at radius 3 is 2.34 bits per heavy atom. The van der Waals surface area contributed by atoms with Crippen molar-refractivity contribution in [2.75, 3.05) is 5.32 Å². The maximum atomic E-state index is 13.3. The minimum Gasteiger partial charge on any atom is -0.298 e. The molecule has 0 aliphatic heterocycles. The number of carbonyl (C=O) groups is 1. The van der Waals surface area contributed by atoms with Gasteiger partial charge in [0.25, 0.3) is 5.91 Å². The normalized spacial score (nSPS) is 10.9. The van der Waals surface area contributed by atoms with Crippen LogP contribution in [0.3, 0.4) is 0 Å². The van der Waals surface area contributed by atoms with Crippen molar-refractivity contribution in [2.45, 2.75) is 20.8 Å². The number of nitrogens with zero attached hydrogens (tertiary/aromatic N) is 3. The number of aryl methyl sites for hydroxylation is 3. The quantitative estimate of drug-likeness (QED) is 0.499. The van der Waals surface area contributed by atoms with Gasteiger partial charge in [0, 0.05) is 16.6 Å². The van der Waals surface area contributed by atoms with Crippen LogP contribution in [0.25, 0.3) is 16.9 Å². The zero-order valence-corrected chi connectivity index (χ0v) is 17.0. The van der Waals surface area contributed by atoms with Crippen molar-refractivity contribution in [1.82, 2.24) is 14.8 Å². The summed E-state index contributed by atoms with van der Waals surface area (Å²) in [5.74, 6) is -0.616. The van der Waals surface area contributed by atoms with Crippen molar-refractivity contribution >= 4 is 22.4 Å². The molecule has 0 radical (unpaired) electrons. The van der Waals surface area contributed by atoms with Gasteiger partial charge in [-0.05, 0) is 45.0 Å². The molecule has 4 rings (SSSR count). The van der Waals surface area contributed by atoms with Gasteiger partial charge in [-0.3, -0.25) is 10.1 Å². The molecule has 0 atom stereocenters. The van der Waals surface area contributed by atoms with E-state index in [0.717, 1.165) is 21.7 Å². The predicted octanol–water partition coefficient (Wildman–Crippen LogP) is 5.31. The third kappa shape index (κ3) is 3.95. The molecule has 146 valence electrons. The number of rotatable bonds is 4. The maximum Gasteiger partial charge on any atom is 0.261 e. The third-order valence-electron chi connectivity index (χ3n) is 4.62. The fourth-order valence-corrected chi connectivity index (χ4v) is 3.69. The fourth-order valence-electron chi connectivity index (χ4n) is 2.88. The molecule has 1 amide bonds. The summed E-state index contributed by atoms with van der Waals surface area (Å²) in [4.78, 5) is 18.5. The molecule has 0 saturated heterocycles. The van der Waals surface area contributed by atoms with Crippen LogP contribution in [-0.2, 0) is 0 Å². The van der Waals surface area contributed by atoms with Crippen LogP contribution in [0.4, 0.5) is 9.52 Å². The molecular formula is C22H19FN4OS. The first-order chi connectivity index (χ1) is 13.9. The Kier molecular flexibility index (Phi) is 4.98. The number of anilines is 1. The van der Waals surface area contributed by atoms with Gasteiger partial charge < -0.3 is 0 Å². The highest BCUT2D eigenvalue weighted by Crippen LogP contribution is 2.27. The number of hydrogen-bond acceptors (Lipinski definition) is 4. The summed E-state index contributed by atoms with van der Waals surface area (Å²) in [5, 5.41) is 8.03. The molecule has 0 aliphatic carbocycles. The van der Waals surface area contributed by atoms with Gasteiger partial charge >= 0.3 is 0 Å². The Morgan fingerprint density at radius 1 is 1.03 bits per heavy atom. The molecule has 0 bridgehead atoms. The highest BCUT2D eigenvalue weighted by Gasteiger charge is 2.20. The molecule has 0 unspecified atom stereocenters. The predicted molar refractivity (Wildman–Crippen MR) is 113 cm³/mol. The van der Waals surface area contributed by atoms with Crippen LogP contribution in [0.5, 0.6) is 0 Å². The number of nitrogens with one attached hydrogen (secondary N) is 1. The molecule has 0 spiro atoms. The Morgan fingerprint density at radius 2 is 1.72 bits per heavy atom. The second kappa shape index (κ2) is 7.60. The van der Waals surface area contributed by atoms with Crippen LogP contribution in [0.15, 0.2) is 54.7 Å². The van der Waals surface area contributed by atoms with E-state index in [1.165, 1.54) is 23.5 Å². The number of halogens is 1. The van der Waals surface area contributed by atoms with Gasteiger partial charge in [0.05, 0.1) is 16.9 Å². The van der Waals surface area contributed by atoms with Crippen LogP contribution in [-0.4, -0.2) is 20.7 Å². The topological polar surface area (TPSA) is 59.8 Å². The Balaban J connectivity index is 1.76. The lowest BCUT2D eigenvalue weighted by atomic mass is 10.1. The van der Waals surface area contributed by atoms with E-state index in [4.69, 9.17) is 0 Å². The lowest BCUT2D eigenvalue weighted by Gasteiger charge is -2.03.